The maximum absolute atomic E-state index is 4.34. The monoisotopic (exact) mass is 411 g/mol. The van der Waals surface area contributed by atoms with Crippen LogP contribution >= 0.6 is 24.8 Å². The van der Waals surface area contributed by atoms with Crippen molar-refractivity contribution in [3.63, 3.8) is 0 Å². The Morgan fingerprint density at radius 1 is 0.913 bits per heavy atom. The van der Waals surface area contributed by atoms with Gasteiger partial charge >= 0.3 is 131 Å². The molecular formula is C18H35Cl2NSiTi. The number of allylic oxidation sites excluding steroid dienone is 8. The minimum atomic E-state index is -3.65. The van der Waals surface area contributed by atoms with Crippen molar-refractivity contribution in [2.75, 3.05) is 0 Å². The van der Waals surface area contributed by atoms with Crippen LogP contribution in [0.5, 0.6) is 0 Å². The van der Waals surface area contributed by atoms with E-state index in [-0.39, 0.29) is 30.4 Å². The molecule has 0 aromatic rings. The SMILES string of the molecule is C[SiH](C)[Ti]([CH3])([CH3])([NH]C(C)(C)C)([C]1=CC=CC1)[C]1=CC=CC1.Cl.Cl. The summed E-state index contributed by atoms with van der Waals surface area (Å²) >= 11 is -3.65. The van der Waals surface area contributed by atoms with Crippen LogP contribution in [0.4, 0.5) is 0 Å². The van der Waals surface area contributed by atoms with E-state index in [2.05, 4.69) is 84.6 Å². The maximum Gasteiger partial charge on any atom is -0.147 e. The molecule has 0 heterocycles. The Balaban J connectivity index is 0.00000242. The first-order chi connectivity index (χ1) is 9.45. The Kier molecular flexibility index (Phi) is 6.75. The van der Waals surface area contributed by atoms with Gasteiger partial charge in [-0.05, 0) is 0 Å². The summed E-state index contributed by atoms with van der Waals surface area (Å²) in [5, 5.41) is 5.36. The summed E-state index contributed by atoms with van der Waals surface area (Å²) < 4.78 is 7.79. The Labute approximate surface area is 155 Å². The smallest absolute Gasteiger partial charge is 0.147 e. The largest absolute Gasteiger partial charge is 0.147 e. The first-order valence-corrected chi connectivity index (χ1v) is 19.4. The minimum absolute atomic E-state index is 0. The molecule has 1 N–H and O–H groups in total. The minimum Gasteiger partial charge on any atom is -0.147 e. The average molecular weight is 412 g/mol. The second-order valence-corrected chi connectivity index (χ2v) is 38.6. The fraction of sp³-hybridized carbons (Fsp3) is 0.556. The van der Waals surface area contributed by atoms with Crippen LogP contribution in [-0.2, 0) is 13.5 Å². The van der Waals surface area contributed by atoms with E-state index in [1.54, 1.807) is 7.76 Å². The van der Waals surface area contributed by atoms with Crippen LogP contribution in [0.3, 0.4) is 0 Å². The van der Waals surface area contributed by atoms with Crippen LogP contribution in [0.1, 0.15) is 33.6 Å². The number of hydrogen-bond donors (Lipinski definition) is 1. The zero-order valence-electron chi connectivity index (χ0n) is 15.8. The Morgan fingerprint density at radius 2 is 1.30 bits per heavy atom. The third-order valence-electron chi connectivity index (χ3n) is 6.68. The molecular weight excluding hydrogens is 377 g/mol. The van der Waals surface area contributed by atoms with Gasteiger partial charge < -0.3 is 0 Å². The molecule has 0 fully saturated rings. The van der Waals surface area contributed by atoms with E-state index in [1.807, 2.05) is 0 Å². The van der Waals surface area contributed by atoms with Gasteiger partial charge in [-0.15, -0.1) is 24.8 Å². The van der Waals surface area contributed by atoms with E-state index >= 15 is 0 Å². The summed E-state index contributed by atoms with van der Waals surface area (Å²) in [6, 6.07) is 0. The van der Waals surface area contributed by atoms with Crippen molar-refractivity contribution in [1.29, 1.82) is 0 Å². The van der Waals surface area contributed by atoms with E-state index in [9.17, 15) is 0 Å². The van der Waals surface area contributed by atoms with Crippen molar-refractivity contribution in [1.82, 2.24) is 3.80 Å². The molecule has 0 bridgehead atoms. The van der Waals surface area contributed by atoms with Gasteiger partial charge in [-0.25, -0.2) is 0 Å². The van der Waals surface area contributed by atoms with Crippen LogP contribution in [0, 0.1) is 0 Å². The Bertz CT molecular complexity index is 559. The van der Waals surface area contributed by atoms with Gasteiger partial charge in [0.05, 0.1) is 0 Å². The van der Waals surface area contributed by atoms with Crippen LogP contribution in [0.25, 0.3) is 0 Å². The third kappa shape index (κ3) is 3.41. The first-order valence-electron chi connectivity index (χ1n) is 8.38. The van der Waals surface area contributed by atoms with Gasteiger partial charge in [0.2, 0.25) is 0 Å². The number of halogens is 2. The molecule has 0 saturated heterocycles. The number of hydrogen-bond acceptors (Lipinski definition) is 1. The van der Waals surface area contributed by atoms with Gasteiger partial charge in [0, 0.05) is 0 Å². The molecule has 0 unspecified atom stereocenters. The molecule has 5 heteroatoms. The fourth-order valence-electron chi connectivity index (χ4n) is 4.82. The topological polar surface area (TPSA) is 12.0 Å². The summed E-state index contributed by atoms with van der Waals surface area (Å²) in [5.41, 5.74) is 0.137. The third-order valence-corrected chi connectivity index (χ3v) is 44.2. The molecule has 0 spiro atoms. The van der Waals surface area contributed by atoms with Crippen LogP contribution in [0.15, 0.2) is 44.2 Å². The second-order valence-electron chi connectivity index (χ2n) is 9.56. The van der Waals surface area contributed by atoms with Gasteiger partial charge in [0.15, 0.2) is 0 Å². The molecule has 0 aromatic carbocycles. The molecule has 0 amide bonds. The predicted molar refractivity (Wildman–Crippen MR) is 112 cm³/mol. The predicted octanol–water partition coefficient (Wildman–Crippen LogP) is 6.13. The normalized spacial score (nSPS) is 20.3. The molecule has 0 saturated carbocycles. The summed E-state index contributed by atoms with van der Waals surface area (Å²) in [6.45, 7) is 11.2. The summed E-state index contributed by atoms with van der Waals surface area (Å²) in [6.07, 6.45) is 16.4. The van der Waals surface area contributed by atoms with Gasteiger partial charge in [0.1, 0.15) is 0 Å². The van der Waals surface area contributed by atoms with E-state index < -0.39 is 20.2 Å². The molecule has 0 aromatic heterocycles. The van der Waals surface area contributed by atoms with E-state index in [0.29, 0.717) is 0 Å². The molecule has 2 aliphatic carbocycles. The summed E-state index contributed by atoms with van der Waals surface area (Å²) in [5.74, 6) is 0. The maximum atomic E-state index is 4.34. The van der Waals surface area contributed by atoms with Gasteiger partial charge in [-0.1, -0.05) is 0 Å². The molecule has 134 valence electrons. The van der Waals surface area contributed by atoms with Crippen molar-refractivity contribution in [2.24, 2.45) is 0 Å². The molecule has 23 heavy (non-hydrogen) atoms. The van der Waals surface area contributed by atoms with E-state index in [4.69, 9.17) is 0 Å². The molecule has 0 atom stereocenters. The molecule has 2 aliphatic rings. The Hall–Kier alpha value is 0.431. The molecule has 0 radical (unpaired) electrons. The van der Waals surface area contributed by atoms with Crippen molar-refractivity contribution in [3.05, 3.63) is 44.2 Å². The van der Waals surface area contributed by atoms with Crippen molar-refractivity contribution < 1.29 is 13.5 Å². The van der Waals surface area contributed by atoms with Crippen molar-refractivity contribution in [3.8, 4) is 0 Å². The van der Waals surface area contributed by atoms with Crippen molar-refractivity contribution in [2.45, 2.75) is 62.7 Å². The number of nitrogens with one attached hydrogen (secondary N) is 1. The standard InChI is InChI=1S/2C5H5.C4H10N.C2H7Si.2CH3.2ClH.Ti/c2*1-2-4-5-3-1;1-4(2,3)5;1-3-2;;;;;/h2*1-3H,4H2;5H,1-3H3;3H,1-2H3;2*1H3;2*1H;/q;;-1;;;;;;+1. The molecule has 1 nitrogen and oxygen atoms in total. The van der Waals surface area contributed by atoms with E-state index in [0.717, 1.165) is 12.8 Å². The summed E-state index contributed by atoms with van der Waals surface area (Å²) in [7, 11) is 0. The van der Waals surface area contributed by atoms with Gasteiger partial charge in [-0.3, -0.25) is 0 Å². The van der Waals surface area contributed by atoms with Crippen LogP contribution in [0.2, 0.25) is 23.6 Å². The fourth-order valence-corrected chi connectivity index (χ4v) is 28.6. The molecule has 0 aliphatic heterocycles. The van der Waals surface area contributed by atoms with Crippen LogP contribution < -0.4 is 3.80 Å². The molecule has 2 rings (SSSR count). The van der Waals surface area contributed by atoms with Crippen LogP contribution in [-0.4, -0.2) is 12.2 Å². The van der Waals surface area contributed by atoms with Gasteiger partial charge in [-0.2, -0.15) is 0 Å². The average Bonchev–Trinajstić information content (AvgIpc) is 3.01. The van der Waals surface area contributed by atoms with E-state index in [1.165, 1.54) is 0 Å². The quantitative estimate of drug-likeness (QED) is 0.548. The zero-order valence-corrected chi connectivity index (χ0v) is 20.1. The first kappa shape index (κ1) is 23.4. The number of rotatable bonds is 4. The second kappa shape index (κ2) is 6.63. The zero-order chi connectivity index (χ0) is 16.0. The Morgan fingerprint density at radius 3 is 1.52 bits per heavy atom. The van der Waals surface area contributed by atoms with Gasteiger partial charge in [0.25, 0.3) is 0 Å². The summed E-state index contributed by atoms with van der Waals surface area (Å²) in [4.78, 5) is 0. The van der Waals surface area contributed by atoms with Crippen molar-refractivity contribution >= 4 is 31.5 Å².